The van der Waals surface area contributed by atoms with Gasteiger partial charge in [-0.2, -0.15) is 0 Å². The zero-order valence-corrected chi connectivity index (χ0v) is 16.3. The number of benzene rings is 1. The minimum atomic E-state index is -0.359. The smallest absolute Gasteiger partial charge is 0.226 e. The van der Waals surface area contributed by atoms with Crippen LogP contribution >= 0.6 is 11.3 Å². The number of nitrogens with one attached hydrogen (secondary N) is 2. The second-order valence-corrected chi connectivity index (χ2v) is 8.40. The first-order chi connectivity index (χ1) is 12.1. The lowest BCUT2D eigenvalue weighted by atomic mass is 9.78. The molecule has 4 nitrogen and oxygen atoms in total. The van der Waals surface area contributed by atoms with Gasteiger partial charge in [-0.05, 0) is 51.3 Å². The summed E-state index contributed by atoms with van der Waals surface area (Å²) in [5, 5.41) is 7.86. The number of nitrogens with zero attached hydrogens (tertiary/aromatic N) is 1. The summed E-state index contributed by atoms with van der Waals surface area (Å²) in [6.45, 7) is 7.42. The van der Waals surface area contributed by atoms with E-state index in [9.17, 15) is 4.79 Å². The molecule has 0 aliphatic carbocycles. The molecule has 136 valence electrons. The number of carbonyl (C=O) groups is 1. The lowest BCUT2D eigenvalue weighted by molar-refractivity contribution is -0.132. The van der Waals surface area contributed by atoms with Crippen molar-refractivity contribution in [2.45, 2.75) is 65.0 Å². The summed E-state index contributed by atoms with van der Waals surface area (Å²) >= 11 is 1.72. The van der Waals surface area contributed by atoms with E-state index in [0.717, 1.165) is 49.2 Å². The lowest BCUT2D eigenvalue weighted by Gasteiger charge is -2.34. The minimum Gasteiger partial charge on any atom is -0.353 e. The summed E-state index contributed by atoms with van der Waals surface area (Å²) in [6.07, 6.45) is 4.43. The summed E-state index contributed by atoms with van der Waals surface area (Å²) in [6, 6.07) is 8.97. The largest absolute Gasteiger partial charge is 0.353 e. The summed E-state index contributed by atoms with van der Waals surface area (Å²) < 4.78 is 1.20. The molecule has 0 spiro atoms. The van der Waals surface area contributed by atoms with Crippen LogP contribution in [0.1, 0.15) is 51.5 Å². The molecule has 3 rings (SSSR count). The maximum atomic E-state index is 13.2. The molecule has 2 unspecified atom stereocenters. The van der Waals surface area contributed by atoms with Gasteiger partial charge >= 0.3 is 0 Å². The third-order valence-corrected chi connectivity index (χ3v) is 6.66. The van der Waals surface area contributed by atoms with Gasteiger partial charge in [0.2, 0.25) is 5.91 Å². The average Bonchev–Trinajstić information content (AvgIpc) is 3.02. The Morgan fingerprint density at radius 3 is 2.80 bits per heavy atom. The van der Waals surface area contributed by atoms with Gasteiger partial charge in [0.15, 0.2) is 0 Å². The highest BCUT2D eigenvalue weighted by Gasteiger charge is 2.37. The lowest BCUT2D eigenvalue weighted by Crippen LogP contribution is -2.51. The van der Waals surface area contributed by atoms with Crippen LogP contribution in [0.5, 0.6) is 0 Å². The highest BCUT2D eigenvalue weighted by molar-refractivity contribution is 7.18. The molecule has 2 N–H and O–H groups in total. The van der Waals surface area contributed by atoms with Gasteiger partial charge in [-0.1, -0.05) is 26.0 Å². The van der Waals surface area contributed by atoms with Crippen LogP contribution < -0.4 is 10.6 Å². The Labute approximate surface area is 154 Å². The second kappa shape index (κ2) is 7.83. The van der Waals surface area contributed by atoms with E-state index in [-0.39, 0.29) is 17.4 Å². The summed E-state index contributed by atoms with van der Waals surface area (Å²) in [4.78, 5) is 17.9. The fourth-order valence-corrected chi connectivity index (χ4v) is 4.90. The first kappa shape index (κ1) is 18.3. The van der Waals surface area contributed by atoms with Crippen LogP contribution in [0.25, 0.3) is 10.2 Å². The molecule has 0 bridgehead atoms. The first-order valence-corrected chi connectivity index (χ1v) is 10.3. The van der Waals surface area contributed by atoms with E-state index in [1.54, 1.807) is 11.3 Å². The van der Waals surface area contributed by atoms with Gasteiger partial charge in [-0.25, -0.2) is 4.98 Å². The minimum absolute atomic E-state index is 0.204. The van der Waals surface area contributed by atoms with E-state index in [1.807, 2.05) is 18.2 Å². The van der Waals surface area contributed by atoms with Crippen LogP contribution in [-0.4, -0.2) is 29.5 Å². The summed E-state index contributed by atoms with van der Waals surface area (Å²) in [5.41, 5.74) is 0.679. The molecular formula is C20H29N3OS. The first-order valence-electron chi connectivity index (χ1n) is 9.45. The fraction of sp³-hybridized carbons (Fsp3) is 0.600. The van der Waals surface area contributed by atoms with Crippen molar-refractivity contribution in [1.29, 1.82) is 0 Å². The van der Waals surface area contributed by atoms with Crippen LogP contribution in [0.2, 0.25) is 0 Å². The number of carbonyl (C=O) groups excluding carboxylic acids is 1. The predicted octanol–water partition coefficient (Wildman–Crippen LogP) is 3.90. The van der Waals surface area contributed by atoms with Crippen molar-refractivity contribution in [3.8, 4) is 0 Å². The van der Waals surface area contributed by atoms with E-state index in [2.05, 4.69) is 37.5 Å². The van der Waals surface area contributed by atoms with E-state index >= 15 is 0 Å². The molecule has 1 fully saturated rings. The number of aromatic nitrogens is 1. The Balaban J connectivity index is 1.76. The number of thiazole rings is 1. The average molecular weight is 360 g/mol. The number of hydrogen-bond donors (Lipinski definition) is 2. The van der Waals surface area contributed by atoms with E-state index < -0.39 is 0 Å². The maximum Gasteiger partial charge on any atom is 0.226 e. The third kappa shape index (κ3) is 4.04. The van der Waals surface area contributed by atoms with Gasteiger partial charge in [-0.3, -0.25) is 4.79 Å². The Morgan fingerprint density at radius 2 is 2.12 bits per heavy atom. The number of amides is 1. The Morgan fingerprint density at radius 1 is 1.36 bits per heavy atom. The molecule has 5 heteroatoms. The Hall–Kier alpha value is -1.46. The van der Waals surface area contributed by atoms with Crippen molar-refractivity contribution in [2.75, 3.05) is 6.54 Å². The van der Waals surface area contributed by atoms with Crippen LogP contribution in [0.4, 0.5) is 0 Å². The van der Waals surface area contributed by atoms with Crippen molar-refractivity contribution in [2.24, 2.45) is 5.41 Å². The summed E-state index contributed by atoms with van der Waals surface area (Å²) in [7, 11) is 0. The third-order valence-electron chi connectivity index (χ3n) is 5.62. The molecule has 0 radical (unpaired) electrons. The Kier molecular flexibility index (Phi) is 5.74. The van der Waals surface area contributed by atoms with Crippen molar-refractivity contribution < 1.29 is 4.79 Å². The van der Waals surface area contributed by atoms with Crippen LogP contribution in [0, 0.1) is 5.41 Å². The van der Waals surface area contributed by atoms with Gasteiger partial charge < -0.3 is 10.6 Å². The Bertz CT molecular complexity index is 690. The monoisotopic (exact) mass is 359 g/mol. The molecule has 1 saturated heterocycles. The van der Waals surface area contributed by atoms with Gasteiger partial charge in [0.25, 0.3) is 0 Å². The number of hydrogen-bond acceptors (Lipinski definition) is 4. The molecule has 0 saturated carbocycles. The van der Waals surface area contributed by atoms with E-state index in [1.165, 1.54) is 4.70 Å². The van der Waals surface area contributed by atoms with Crippen LogP contribution in [0.3, 0.4) is 0 Å². The maximum absolute atomic E-state index is 13.2. The normalized spacial score (nSPS) is 21.4. The van der Waals surface area contributed by atoms with Crippen LogP contribution in [-0.2, 0) is 11.2 Å². The van der Waals surface area contributed by atoms with Crippen LogP contribution in [0.15, 0.2) is 24.3 Å². The highest BCUT2D eigenvalue weighted by atomic mass is 32.1. The number of para-hydroxylation sites is 1. The second-order valence-electron chi connectivity index (χ2n) is 7.29. The van der Waals surface area contributed by atoms with Crippen molar-refractivity contribution in [1.82, 2.24) is 15.6 Å². The zero-order chi connectivity index (χ0) is 17.9. The molecule has 1 aliphatic heterocycles. The van der Waals surface area contributed by atoms with Gasteiger partial charge in [0.1, 0.15) is 0 Å². The molecular weight excluding hydrogens is 330 g/mol. The molecule has 25 heavy (non-hydrogen) atoms. The number of piperidine rings is 1. The number of fused-ring (bicyclic) bond motifs is 1. The number of rotatable bonds is 6. The highest BCUT2D eigenvalue weighted by Crippen LogP contribution is 2.34. The molecule has 1 aliphatic rings. The molecule has 1 aromatic heterocycles. The zero-order valence-electron chi connectivity index (χ0n) is 15.5. The SMILES string of the molecule is CCC(CC)(Cc1nc2ccccc2s1)C(=O)NC1CCNC(C)C1. The standard InChI is InChI=1S/C20H29N3OS/c1-4-20(5-2,19(24)22-15-10-11-21-14(3)12-15)13-18-23-16-8-6-7-9-17(16)25-18/h6-9,14-15,21H,4-5,10-13H2,1-3H3,(H,22,24). The summed E-state index contributed by atoms with van der Waals surface area (Å²) in [5.74, 6) is 0.204. The van der Waals surface area contributed by atoms with Gasteiger partial charge in [-0.15, -0.1) is 11.3 Å². The molecule has 2 atom stereocenters. The molecule has 2 aromatic rings. The van der Waals surface area contributed by atoms with Crippen molar-refractivity contribution >= 4 is 27.5 Å². The van der Waals surface area contributed by atoms with E-state index in [4.69, 9.17) is 4.98 Å². The quantitative estimate of drug-likeness (QED) is 0.822. The van der Waals surface area contributed by atoms with Crippen molar-refractivity contribution in [3.63, 3.8) is 0 Å². The molecule has 1 aromatic carbocycles. The van der Waals surface area contributed by atoms with Crippen molar-refractivity contribution in [3.05, 3.63) is 29.3 Å². The fourth-order valence-electron chi connectivity index (χ4n) is 3.79. The predicted molar refractivity (Wildman–Crippen MR) is 105 cm³/mol. The van der Waals surface area contributed by atoms with Gasteiger partial charge in [0, 0.05) is 18.5 Å². The van der Waals surface area contributed by atoms with Gasteiger partial charge in [0.05, 0.1) is 20.6 Å². The molecule has 2 heterocycles. The topological polar surface area (TPSA) is 54.0 Å². The van der Waals surface area contributed by atoms with E-state index in [0.29, 0.717) is 6.04 Å². The molecule has 1 amide bonds.